The molecular formula is C20H25N3O2S2. The molecule has 27 heavy (non-hydrogen) atoms. The van der Waals surface area contributed by atoms with Gasteiger partial charge in [0.1, 0.15) is 11.1 Å². The first-order chi connectivity index (χ1) is 12.8. The van der Waals surface area contributed by atoms with Crippen molar-refractivity contribution in [3.05, 3.63) is 39.0 Å². The number of rotatable bonds is 5. The molecule has 7 heteroatoms. The fourth-order valence-electron chi connectivity index (χ4n) is 2.83. The molecule has 0 aliphatic rings. The highest BCUT2D eigenvalue weighted by Gasteiger charge is 2.27. The Morgan fingerprint density at radius 1 is 1.33 bits per heavy atom. The largest absolute Gasteiger partial charge is 0.443 e. The maximum Gasteiger partial charge on any atom is 0.415 e. The zero-order valence-electron chi connectivity index (χ0n) is 16.4. The van der Waals surface area contributed by atoms with Crippen molar-refractivity contribution in [1.82, 2.24) is 10.2 Å². The van der Waals surface area contributed by atoms with Gasteiger partial charge in [0.2, 0.25) is 0 Å². The van der Waals surface area contributed by atoms with Gasteiger partial charge in [0, 0.05) is 9.75 Å². The quantitative estimate of drug-likeness (QED) is 0.528. The van der Waals surface area contributed by atoms with Gasteiger partial charge in [-0.05, 0) is 51.1 Å². The van der Waals surface area contributed by atoms with Crippen molar-refractivity contribution in [2.75, 3.05) is 4.90 Å². The molecule has 3 aromatic rings. The molecule has 144 valence electrons. The normalized spacial score (nSPS) is 11.7. The maximum absolute atomic E-state index is 13.0. The number of hydrogen-bond donors (Lipinski definition) is 0. The van der Waals surface area contributed by atoms with Crippen molar-refractivity contribution in [3.8, 4) is 0 Å². The van der Waals surface area contributed by atoms with Crippen molar-refractivity contribution in [2.24, 2.45) is 0 Å². The molecule has 3 heterocycles. The number of aromatic nitrogens is 2. The first-order valence-electron chi connectivity index (χ1n) is 9.06. The summed E-state index contributed by atoms with van der Waals surface area (Å²) in [6.45, 7) is 10.3. The molecule has 0 aromatic carbocycles. The van der Waals surface area contributed by atoms with Crippen molar-refractivity contribution in [3.63, 3.8) is 0 Å². The molecule has 5 nitrogen and oxygen atoms in total. The standard InChI is InChI=1S/C20H25N3O2S2/c1-6-8-16-13(2)17-18(27-16)15(11-21-22-17)23(12-14-9-7-10-26-14)19(24)25-20(3,4)5/h7,9-11H,6,8,12H2,1-5H3. The van der Waals surface area contributed by atoms with E-state index in [1.54, 1.807) is 33.8 Å². The average Bonchev–Trinajstić information content (AvgIpc) is 3.20. The van der Waals surface area contributed by atoms with Crippen LogP contribution >= 0.6 is 22.7 Å². The summed E-state index contributed by atoms with van der Waals surface area (Å²) in [5.41, 5.74) is 2.23. The maximum atomic E-state index is 13.0. The van der Waals surface area contributed by atoms with Gasteiger partial charge in [-0.1, -0.05) is 19.4 Å². The van der Waals surface area contributed by atoms with Crippen LogP contribution in [0.5, 0.6) is 0 Å². The molecule has 0 radical (unpaired) electrons. The molecular weight excluding hydrogens is 378 g/mol. The summed E-state index contributed by atoms with van der Waals surface area (Å²) in [6, 6.07) is 4.01. The van der Waals surface area contributed by atoms with Crippen LogP contribution in [0.2, 0.25) is 0 Å². The Hall–Kier alpha value is -1.99. The van der Waals surface area contributed by atoms with Gasteiger partial charge in [-0.3, -0.25) is 4.90 Å². The number of aryl methyl sites for hydroxylation is 2. The number of thiophene rings is 2. The SMILES string of the molecule is CCCc1sc2c(N(Cc3cccs3)C(=O)OC(C)(C)C)cnnc2c1C. The molecule has 0 atom stereocenters. The summed E-state index contributed by atoms with van der Waals surface area (Å²) in [4.78, 5) is 17.1. The van der Waals surface area contributed by atoms with Crippen LogP contribution in [0, 0.1) is 6.92 Å². The van der Waals surface area contributed by atoms with Gasteiger partial charge in [0.05, 0.1) is 23.1 Å². The van der Waals surface area contributed by atoms with E-state index in [0.717, 1.165) is 39.2 Å². The highest BCUT2D eigenvalue weighted by molar-refractivity contribution is 7.19. The number of ether oxygens (including phenoxy) is 1. The Morgan fingerprint density at radius 2 is 2.11 bits per heavy atom. The Balaban J connectivity index is 2.08. The predicted octanol–water partition coefficient (Wildman–Crippen LogP) is 5.96. The second-order valence-corrected chi connectivity index (χ2v) is 9.59. The molecule has 0 spiro atoms. The second kappa shape index (κ2) is 7.94. The third kappa shape index (κ3) is 4.47. The smallest absolute Gasteiger partial charge is 0.415 e. The van der Waals surface area contributed by atoms with Crippen LogP contribution in [0.25, 0.3) is 10.2 Å². The van der Waals surface area contributed by atoms with Crippen molar-refractivity contribution in [2.45, 2.75) is 59.6 Å². The zero-order chi connectivity index (χ0) is 19.6. The predicted molar refractivity (Wildman–Crippen MR) is 113 cm³/mol. The molecule has 0 bridgehead atoms. The summed E-state index contributed by atoms with van der Waals surface area (Å²) < 4.78 is 6.68. The molecule has 0 saturated heterocycles. The van der Waals surface area contributed by atoms with E-state index in [0.29, 0.717) is 6.54 Å². The van der Waals surface area contributed by atoms with Gasteiger partial charge in [-0.25, -0.2) is 4.79 Å². The van der Waals surface area contributed by atoms with E-state index in [1.165, 1.54) is 4.88 Å². The van der Waals surface area contributed by atoms with Crippen molar-refractivity contribution in [1.29, 1.82) is 0 Å². The van der Waals surface area contributed by atoms with E-state index >= 15 is 0 Å². The third-order valence-corrected chi connectivity index (χ3v) is 6.28. The number of carbonyl (C=O) groups excluding carboxylic acids is 1. The van der Waals surface area contributed by atoms with E-state index < -0.39 is 5.60 Å². The van der Waals surface area contributed by atoms with E-state index in [2.05, 4.69) is 24.0 Å². The minimum absolute atomic E-state index is 0.367. The van der Waals surface area contributed by atoms with Crippen molar-refractivity contribution < 1.29 is 9.53 Å². The van der Waals surface area contributed by atoms with E-state index in [-0.39, 0.29) is 6.09 Å². The van der Waals surface area contributed by atoms with Gasteiger partial charge >= 0.3 is 6.09 Å². The molecule has 0 aliphatic carbocycles. The Bertz CT molecular complexity index is 927. The van der Waals surface area contributed by atoms with Gasteiger partial charge in [0.15, 0.2) is 0 Å². The Kier molecular flexibility index (Phi) is 5.81. The number of carbonyl (C=O) groups is 1. The van der Waals surface area contributed by atoms with E-state index in [1.807, 2.05) is 38.3 Å². The summed E-state index contributed by atoms with van der Waals surface area (Å²) in [7, 11) is 0. The summed E-state index contributed by atoms with van der Waals surface area (Å²) in [5.74, 6) is 0. The van der Waals surface area contributed by atoms with Crippen LogP contribution in [0.4, 0.5) is 10.5 Å². The van der Waals surface area contributed by atoms with Gasteiger partial charge < -0.3 is 4.74 Å². The molecule has 0 aliphatic heterocycles. The molecule has 0 N–H and O–H groups in total. The van der Waals surface area contributed by atoms with E-state index in [9.17, 15) is 4.79 Å². The highest BCUT2D eigenvalue weighted by atomic mass is 32.1. The van der Waals surface area contributed by atoms with Crippen LogP contribution in [-0.2, 0) is 17.7 Å². The minimum atomic E-state index is -0.566. The number of hydrogen-bond acceptors (Lipinski definition) is 6. The number of anilines is 1. The lowest BCUT2D eigenvalue weighted by Crippen LogP contribution is -2.36. The van der Waals surface area contributed by atoms with Gasteiger partial charge in [0.25, 0.3) is 0 Å². The monoisotopic (exact) mass is 403 g/mol. The van der Waals surface area contributed by atoms with E-state index in [4.69, 9.17) is 4.74 Å². The van der Waals surface area contributed by atoms with Crippen LogP contribution in [0.3, 0.4) is 0 Å². The summed E-state index contributed by atoms with van der Waals surface area (Å²) in [6.07, 6.45) is 3.38. The molecule has 0 saturated carbocycles. The highest BCUT2D eigenvalue weighted by Crippen LogP contribution is 2.37. The first kappa shape index (κ1) is 19.8. The molecule has 0 fully saturated rings. The van der Waals surface area contributed by atoms with Crippen LogP contribution in [-0.4, -0.2) is 21.9 Å². The fraction of sp³-hybridized carbons (Fsp3) is 0.450. The number of fused-ring (bicyclic) bond motifs is 1. The number of nitrogens with zero attached hydrogens (tertiary/aromatic N) is 3. The van der Waals surface area contributed by atoms with Gasteiger partial charge in [-0.2, -0.15) is 5.10 Å². The summed E-state index contributed by atoms with van der Waals surface area (Å²) >= 11 is 3.32. The molecule has 1 amide bonds. The van der Waals surface area contributed by atoms with Crippen molar-refractivity contribution >= 4 is 44.7 Å². The lowest BCUT2D eigenvalue weighted by Gasteiger charge is -2.27. The Morgan fingerprint density at radius 3 is 2.74 bits per heavy atom. The lowest BCUT2D eigenvalue weighted by atomic mass is 10.2. The average molecular weight is 404 g/mol. The van der Waals surface area contributed by atoms with Crippen LogP contribution in [0.15, 0.2) is 23.7 Å². The topological polar surface area (TPSA) is 55.3 Å². The Labute approximate surface area is 168 Å². The lowest BCUT2D eigenvalue weighted by molar-refractivity contribution is 0.0578. The van der Waals surface area contributed by atoms with Gasteiger partial charge in [-0.15, -0.1) is 27.8 Å². The first-order valence-corrected chi connectivity index (χ1v) is 10.8. The number of amides is 1. The molecule has 3 aromatic heterocycles. The third-order valence-electron chi connectivity index (χ3n) is 4.06. The fourth-order valence-corrected chi connectivity index (χ4v) is 4.88. The second-order valence-electron chi connectivity index (χ2n) is 7.45. The minimum Gasteiger partial charge on any atom is -0.443 e. The molecule has 3 rings (SSSR count). The van der Waals surface area contributed by atoms with Crippen LogP contribution in [0.1, 0.15) is 49.4 Å². The van der Waals surface area contributed by atoms with Crippen LogP contribution < -0.4 is 4.90 Å². The zero-order valence-corrected chi connectivity index (χ0v) is 18.0. The molecule has 0 unspecified atom stereocenters. The summed E-state index contributed by atoms with van der Waals surface area (Å²) in [5, 5.41) is 10.5.